The molecule has 0 aliphatic rings. The fourth-order valence-electron chi connectivity index (χ4n) is 3.39. The van der Waals surface area contributed by atoms with Crippen LogP contribution in [0.5, 0.6) is 0 Å². The van der Waals surface area contributed by atoms with Gasteiger partial charge in [-0.3, -0.25) is 4.79 Å². The van der Waals surface area contributed by atoms with Gasteiger partial charge in [0.25, 0.3) is 0 Å². The number of hydrogen-bond donors (Lipinski definition) is 0. The lowest BCUT2D eigenvalue weighted by Gasteiger charge is -2.39. The molecule has 0 atom stereocenters. The molecule has 3 aromatic rings. The molecule has 3 rings (SSSR count). The Morgan fingerprint density at radius 1 is 0.724 bits per heavy atom. The molecule has 3 heteroatoms. The maximum atomic E-state index is 12.8. The second-order valence-corrected chi connectivity index (χ2v) is 9.83. The summed E-state index contributed by atoms with van der Waals surface area (Å²) in [4.78, 5) is 15.9. The van der Waals surface area contributed by atoms with E-state index in [1.807, 2.05) is 43.3 Å². The number of carbonyl (C=O) groups is 1. The second kappa shape index (κ2) is 10.3. The average molecular weight is 407 g/mol. The van der Waals surface area contributed by atoms with E-state index in [1.165, 1.54) is 18.4 Å². The molecule has 0 aromatic heterocycles. The molecule has 0 amide bonds. The molecule has 0 spiro atoms. The van der Waals surface area contributed by atoms with Gasteiger partial charge in [-0.2, -0.15) is 0 Å². The van der Waals surface area contributed by atoms with Gasteiger partial charge in [0.1, 0.15) is 0 Å². The third kappa shape index (κ3) is 4.91. The van der Waals surface area contributed by atoms with Crippen molar-refractivity contribution < 1.29 is 8.98 Å². The maximum Gasteiger partial charge on any atom is 0.317 e. The van der Waals surface area contributed by atoms with Gasteiger partial charge in [-0.15, -0.1) is 0 Å². The molecular formula is C26H30O2S. The summed E-state index contributed by atoms with van der Waals surface area (Å²) in [5.41, 5.74) is 1.32. The zero-order valence-corrected chi connectivity index (χ0v) is 18.2. The van der Waals surface area contributed by atoms with E-state index >= 15 is 0 Å². The van der Waals surface area contributed by atoms with Crippen LogP contribution in [0, 0.1) is 0 Å². The highest BCUT2D eigenvalue weighted by Gasteiger charge is 2.35. The average Bonchev–Trinajstić information content (AvgIpc) is 2.78. The van der Waals surface area contributed by atoms with Gasteiger partial charge in [0.15, 0.2) is 0 Å². The monoisotopic (exact) mass is 406 g/mol. The first kappa shape index (κ1) is 21.2. The van der Waals surface area contributed by atoms with E-state index in [4.69, 9.17) is 4.18 Å². The summed E-state index contributed by atoms with van der Waals surface area (Å²) < 4.78 is 6.40. The van der Waals surface area contributed by atoms with Crippen molar-refractivity contribution in [3.63, 3.8) is 0 Å². The van der Waals surface area contributed by atoms with E-state index < -0.39 is 10.3 Å². The second-order valence-electron chi connectivity index (χ2n) is 7.14. The van der Waals surface area contributed by atoms with Crippen molar-refractivity contribution in [3.8, 4) is 0 Å². The minimum Gasteiger partial charge on any atom is -0.402 e. The summed E-state index contributed by atoms with van der Waals surface area (Å²) >= 11 is 0. The predicted molar refractivity (Wildman–Crippen MR) is 121 cm³/mol. The molecular weight excluding hydrogens is 376 g/mol. The van der Waals surface area contributed by atoms with Gasteiger partial charge < -0.3 is 4.18 Å². The number of unbranched alkanes of at least 4 members (excludes halogenated alkanes) is 1. The molecule has 2 nitrogen and oxygen atoms in total. The van der Waals surface area contributed by atoms with Crippen LogP contribution in [-0.2, 0) is 15.4 Å². The third-order valence-electron chi connectivity index (χ3n) is 4.90. The first-order valence-electron chi connectivity index (χ1n) is 10.5. The summed E-state index contributed by atoms with van der Waals surface area (Å²) in [5, 5.41) is 0. The Kier molecular flexibility index (Phi) is 7.54. The highest BCUT2D eigenvalue weighted by molar-refractivity contribution is 8.30. The Labute approximate surface area is 176 Å². The first-order valence-corrected chi connectivity index (χ1v) is 12.0. The Balaban J connectivity index is 2.17. The lowest BCUT2D eigenvalue weighted by molar-refractivity contribution is -0.133. The number of aryl methyl sites for hydroxylation is 1. The van der Waals surface area contributed by atoms with Gasteiger partial charge in [-0.05, 0) is 71.5 Å². The Bertz CT molecular complexity index is 850. The van der Waals surface area contributed by atoms with Gasteiger partial charge in [0.05, 0.1) is 0 Å². The van der Waals surface area contributed by atoms with Crippen LogP contribution in [0.25, 0.3) is 0 Å². The van der Waals surface area contributed by atoms with Gasteiger partial charge >= 0.3 is 5.97 Å². The van der Waals surface area contributed by atoms with Crippen LogP contribution in [0.4, 0.5) is 0 Å². The smallest absolute Gasteiger partial charge is 0.317 e. The molecule has 3 aromatic carbocycles. The largest absolute Gasteiger partial charge is 0.402 e. The highest BCUT2D eigenvalue weighted by atomic mass is 32.3. The van der Waals surface area contributed by atoms with Crippen LogP contribution in [0.2, 0.25) is 0 Å². The van der Waals surface area contributed by atoms with Crippen LogP contribution in [0.15, 0.2) is 99.6 Å². The van der Waals surface area contributed by atoms with E-state index in [9.17, 15) is 4.79 Å². The molecule has 0 bridgehead atoms. The summed E-state index contributed by atoms with van der Waals surface area (Å²) in [6.45, 7) is 4.22. The van der Waals surface area contributed by atoms with Gasteiger partial charge in [-0.1, -0.05) is 68.8 Å². The van der Waals surface area contributed by atoms with Crippen molar-refractivity contribution in [1.29, 1.82) is 0 Å². The highest BCUT2D eigenvalue weighted by Crippen LogP contribution is 2.69. The molecule has 0 saturated carbocycles. The quantitative estimate of drug-likeness (QED) is 0.366. The zero-order chi connectivity index (χ0) is 20.5. The molecule has 152 valence electrons. The lowest BCUT2D eigenvalue weighted by Crippen LogP contribution is -2.13. The normalized spacial score (nSPS) is 11.8. The minimum atomic E-state index is -2.14. The Hall–Kier alpha value is -2.52. The summed E-state index contributed by atoms with van der Waals surface area (Å²) in [5.74, 6) is -0.148. The van der Waals surface area contributed by atoms with Crippen molar-refractivity contribution in [3.05, 3.63) is 90.5 Å². The summed E-state index contributed by atoms with van der Waals surface area (Å²) in [6, 6.07) is 29.1. The SMILES string of the molecule is CCCCc1ccc(S(OC(=O)CCC)(c2ccccc2)c2ccccc2)cc1. The minimum absolute atomic E-state index is 0.148. The molecule has 0 aliphatic heterocycles. The fourth-order valence-corrected chi connectivity index (χ4v) is 6.46. The maximum absolute atomic E-state index is 12.8. The van der Waals surface area contributed by atoms with Crippen LogP contribution < -0.4 is 0 Å². The Morgan fingerprint density at radius 2 is 1.24 bits per heavy atom. The standard InChI is InChI=1S/C26H30O2S/c1-3-5-13-22-18-20-25(21-19-22)29(28-26(27)12-4-2,23-14-8-6-9-15-23)24-16-10-7-11-17-24/h6-11,14-21H,3-5,12-13H2,1-2H3. The van der Waals surface area contributed by atoms with Crippen molar-refractivity contribution in [1.82, 2.24) is 0 Å². The molecule has 0 heterocycles. The van der Waals surface area contributed by atoms with Crippen molar-refractivity contribution in [2.75, 3.05) is 0 Å². The number of carbonyl (C=O) groups excluding carboxylic acids is 1. The summed E-state index contributed by atoms with van der Waals surface area (Å²) in [6.07, 6.45) is 4.63. The first-order chi connectivity index (χ1) is 14.2. The van der Waals surface area contributed by atoms with E-state index in [2.05, 4.69) is 55.5 Å². The molecule has 0 unspecified atom stereocenters. The van der Waals surface area contributed by atoms with E-state index in [0.717, 1.165) is 27.5 Å². The number of benzene rings is 3. The van der Waals surface area contributed by atoms with Crippen molar-refractivity contribution >= 4 is 16.3 Å². The van der Waals surface area contributed by atoms with Crippen molar-refractivity contribution in [2.45, 2.75) is 60.6 Å². The van der Waals surface area contributed by atoms with Gasteiger partial charge in [0, 0.05) is 21.1 Å². The topological polar surface area (TPSA) is 26.3 Å². The molecule has 0 N–H and O–H groups in total. The van der Waals surface area contributed by atoms with E-state index in [-0.39, 0.29) is 5.97 Å². The van der Waals surface area contributed by atoms with Gasteiger partial charge in [-0.25, -0.2) is 0 Å². The molecule has 0 aliphatic carbocycles. The Morgan fingerprint density at radius 3 is 1.72 bits per heavy atom. The van der Waals surface area contributed by atoms with Gasteiger partial charge in [0.2, 0.25) is 0 Å². The zero-order valence-electron chi connectivity index (χ0n) is 17.3. The van der Waals surface area contributed by atoms with Crippen molar-refractivity contribution in [2.24, 2.45) is 0 Å². The predicted octanol–water partition coefficient (Wildman–Crippen LogP) is 7.57. The fraction of sp³-hybridized carbons (Fsp3) is 0.269. The van der Waals surface area contributed by atoms with Crippen LogP contribution in [0.1, 0.15) is 45.1 Å². The third-order valence-corrected chi connectivity index (χ3v) is 8.14. The van der Waals surface area contributed by atoms with Crippen LogP contribution in [0.3, 0.4) is 0 Å². The molecule has 0 radical (unpaired) electrons. The molecule has 29 heavy (non-hydrogen) atoms. The van der Waals surface area contributed by atoms with Crippen LogP contribution >= 0.6 is 10.3 Å². The molecule has 0 saturated heterocycles. The number of rotatable bonds is 9. The lowest BCUT2D eigenvalue weighted by atomic mass is 10.1. The van der Waals surface area contributed by atoms with Crippen LogP contribution in [-0.4, -0.2) is 5.97 Å². The number of hydrogen-bond acceptors (Lipinski definition) is 2. The van der Waals surface area contributed by atoms with E-state index in [1.54, 1.807) is 0 Å². The van der Waals surface area contributed by atoms with E-state index in [0.29, 0.717) is 6.42 Å². The molecule has 0 fully saturated rings. The summed E-state index contributed by atoms with van der Waals surface area (Å²) in [7, 11) is -2.14.